The highest BCUT2D eigenvalue weighted by Gasteiger charge is 2.00. The molecule has 1 aromatic carbocycles. The van der Waals surface area contributed by atoms with Crippen LogP contribution in [0.15, 0.2) is 24.3 Å². The summed E-state index contributed by atoms with van der Waals surface area (Å²) >= 11 is 0. The maximum atomic E-state index is 10.9. The average molecular weight is 251 g/mol. The van der Waals surface area contributed by atoms with Crippen LogP contribution in [0.4, 0.5) is 0 Å². The van der Waals surface area contributed by atoms with Crippen molar-refractivity contribution in [2.24, 2.45) is 0 Å². The maximum absolute atomic E-state index is 10.9. The molecule has 0 heterocycles. The fourth-order valence-corrected chi connectivity index (χ4v) is 1.48. The summed E-state index contributed by atoms with van der Waals surface area (Å²) in [5.74, 6) is 0.639. The van der Waals surface area contributed by atoms with Crippen LogP contribution in [0.1, 0.15) is 25.3 Å². The number of hydrogen-bond acceptors (Lipinski definition) is 4. The lowest BCUT2D eigenvalue weighted by molar-refractivity contribution is -0.140. The van der Waals surface area contributed by atoms with E-state index in [4.69, 9.17) is 4.74 Å². The zero-order chi connectivity index (χ0) is 13.2. The van der Waals surface area contributed by atoms with Crippen molar-refractivity contribution in [3.8, 4) is 5.75 Å². The van der Waals surface area contributed by atoms with Gasteiger partial charge in [0.1, 0.15) is 5.75 Å². The monoisotopic (exact) mass is 251 g/mol. The third-order valence-corrected chi connectivity index (χ3v) is 2.52. The van der Waals surface area contributed by atoms with Crippen molar-refractivity contribution < 1.29 is 14.3 Å². The van der Waals surface area contributed by atoms with E-state index in [9.17, 15) is 4.79 Å². The van der Waals surface area contributed by atoms with E-state index in [1.165, 1.54) is 12.7 Å². The van der Waals surface area contributed by atoms with Gasteiger partial charge in [0, 0.05) is 13.0 Å². The Hall–Kier alpha value is -1.55. The smallest absolute Gasteiger partial charge is 0.305 e. The lowest BCUT2D eigenvalue weighted by atomic mass is 10.2. The molecule has 1 N–H and O–H groups in total. The van der Waals surface area contributed by atoms with E-state index >= 15 is 0 Å². The van der Waals surface area contributed by atoms with Crippen LogP contribution < -0.4 is 10.1 Å². The fraction of sp³-hybridized carbons (Fsp3) is 0.500. The normalized spacial score (nSPS) is 10.1. The van der Waals surface area contributed by atoms with Gasteiger partial charge in [0.15, 0.2) is 0 Å². The fourth-order valence-electron chi connectivity index (χ4n) is 1.48. The third-order valence-electron chi connectivity index (χ3n) is 2.52. The van der Waals surface area contributed by atoms with Gasteiger partial charge < -0.3 is 14.8 Å². The molecule has 18 heavy (non-hydrogen) atoms. The van der Waals surface area contributed by atoms with E-state index < -0.39 is 0 Å². The molecule has 0 spiro atoms. The minimum Gasteiger partial charge on any atom is -0.494 e. The van der Waals surface area contributed by atoms with Crippen molar-refractivity contribution in [3.63, 3.8) is 0 Å². The molecule has 0 unspecified atom stereocenters. The minimum absolute atomic E-state index is 0.195. The summed E-state index contributed by atoms with van der Waals surface area (Å²) in [6.45, 7) is 4.45. The van der Waals surface area contributed by atoms with Gasteiger partial charge in [-0.05, 0) is 30.7 Å². The number of esters is 1. The Kier molecular flexibility index (Phi) is 6.87. The summed E-state index contributed by atoms with van der Waals surface area (Å²) in [5.41, 5.74) is 1.23. The summed E-state index contributed by atoms with van der Waals surface area (Å²) in [4.78, 5) is 10.9. The second-order valence-corrected chi connectivity index (χ2v) is 3.95. The van der Waals surface area contributed by atoms with Crippen molar-refractivity contribution in [1.29, 1.82) is 0 Å². The summed E-state index contributed by atoms with van der Waals surface area (Å²) in [6.07, 6.45) is 1.07. The molecule has 0 aromatic heterocycles. The van der Waals surface area contributed by atoms with Gasteiger partial charge in [-0.2, -0.15) is 0 Å². The van der Waals surface area contributed by atoms with Crippen LogP contribution in [0, 0.1) is 0 Å². The van der Waals surface area contributed by atoms with E-state index in [1.54, 1.807) is 0 Å². The Morgan fingerprint density at radius 1 is 1.28 bits per heavy atom. The van der Waals surface area contributed by atoms with Gasteiger partial charge in [-0.3, -0.25) is 4.79 Å². The van der Waals surface area contributed by atoms with Crippen LogP contribution in [0.5, 0.6) is 5.75 Å². The van der Waals surface area contributed by atoms with Gasteiger partial charge in [-0.15, -0.1) is 0 Å². The van der Waals surface area contributed by atoms with Gasteiger partial charge in [-0.25, -0.2) is 0 Å². The van der Waals surface area contributed by atoms with Crippen molar-refractivity contribution in [2.75, 3.05) is 20.3 Å². The van der Waals surface area contributed by atoms with Gasteiger partial charge in [0.2, 0.25) is 0 Å². The summed E-state index contributed by atoms with van der Waals surface area (Å²) in [6, 6.07) is 7.98. The minimum atomic E-state index is -0.195. The zero-order valence-electron chi connectivity index (χ0n) is 11.1. The van der Waals surface area contributed by atoms with Crippen LogP contribution >= 0.6 is 0 Å². The lowest BCUT2D eigenvalue weighted by Crippen LogP contribution is -2.11. The number of nitrogens with one attached hydrogen (secondary N) is 1. The zero-order valence-corrected chi connectivity index (χ0v) is 11.1. The molecule has 4 heteroatoms. The third kappa shape index (κ3) is 5.68. The first kappa shape index (κ1) is 14.5. The summed E-state index contributed by atoms with van der Waals surface area (Å²) in [7, 11) is 1.40. The number of carbonyl (C=O) groups is 1. The molecule has 4 nitrogen and oxygen atoms in total. The Balaban J connectivity index is 2.24. The molecule has 0 saturated heterocycles. The SMILES string of the molecule is CCNCc1ccc(OCCCC(=O)OC)cc1. The molecule has 0 fully saturated rings. The Bertz CT molecular complexity index is 349. The first-order chi connectivity index (χ1) is 8.76. The first-order valence-electron chi connectivity index (χ1n) is 6.25. The molecule has 100 valence electrons. The summed E-state index contributed by atoms with van der Waals surface area (Å²) in [5, 5.41) is 3.26. The van der Waals surface area contributed by atoms with Crippen molar-refractivity contribution in [2.45, 2.75) is 26.3 Å². The standard InChI is InChI=1S/C14H21NO3/c1-3-15-11-12-6-8-13(9-7-12)18-10-4-5-14(16)17-2/h6-9,15H,3-5,10-11H2,1-2H3. The van der Waals surface area contributed by atoms with E-state index in [-0.39, 0.29) is 5.97 Å². The van der Waals surface area contributed by atoms with Gasteiger partial charge in [-0.1, -0.05) is 19.1 Å². The van der Waals surface area contributed by atoms with Crippen LogP contribution in [0.2, 0.25) is 0 Å². The molecule has 1 aromatic rings. The van der Waals surface area contributed by atoms with Crippen molar-refractivity contribution in [1.82, 2.24) is 5.32 Å². The van der Waals surface area contributed by atoms with E-state index in [0.717, 1.165) is 18.8 Å². The van der Waals surface area contributed by atoms with E-state index in [0.29, 0.717) is 19.4 Å². The highest BCUT2D eigenvalue weighted by atomic mass is 16.5. The number of carbonyl (C=O) groups excluding carboxylic acids is 1. The molecule has 0 bridgehead atoms. The summed E-state index contributed by atoms with van der Waals surface area (Å²) < 4.78 is 10.1. The lowest BCUT2D eigenvalue weighted by Gasteiger charge is -2.07. The van der Waals surface area contributed by atoms with Crippen molar-refractivity contribution in [3.05, 3.63) is 29.8 Å². The molecule has 0 aliphatic heterocycles. The van der Waals surface area contributed by atoms with Gasteiger partial charge in [0.05, 0.1) is 13.7 Å². The van der Waals surface area contributed by atoms with Crippen LogP contribution in [-0.4, -0.2) is 26.2 Å². The predicted octanol–water partition coefficient (Wildman–Crippen LogP) is 2.13. The molecule has 0 saturated carbocycles. The number of rotatable bonds is 8. The van der Waals surface area contributed by atoms with Crippen LogP contribution in [0.25, 0.3) is 0 Å². The highest BCUT2D eigenvalue weighted by Crippen LogP contribution is 2.12. The molecule has 0 radical (unpaired) electrons. The topological polar surface area (TPSA) is 47.6 Å². The highest BCUT2D eigenvalue weighted by molar-refractivity contribution is 5.69. The quantitative estimate of drug-likeness (QED) is 0.568. The Labute approximate surface area is 108 Å². The molecule has 0 aliphatic rings. The number of methoxy groups -OCH3 is 1. The van der Waals surface area contributed by atoms with Crippen LogP contribution in [0.3, 0.4) is 0 Å². The molecule has 0 amide bonds. The number of benzene rings is 1. The molecule has 0 aliphatic carbocycles. The average Bonchev–Trinajstić information content (AvgIpc) is 2.42. The molecular weight excluding hydrogens is 230 g/mol. The van der Waals surface area contributed by atoms with Gasteiger partial charge >= 0.3 is 5.97 Å². The maximum Gasteiger partial charge on any atom is 0.305 e. The second kappa shape index (κ2) is 8.53. The largest absolute Gasteiger partial charge is 0.494 e. The predicted molar refractivity (Wildman–Crippen MR) is 70.6 cm³/mol. The van der Waals surface area contributed by atoms with E-state index in [2.05, 4.69) is 17.0 Å². The number of ether oxygens (including phenoxy) is 2. The first-order valence-corrected chi connectivity index (χ1v) is 6.25. The second-order valence-electron chi connectivity index (χ2n) is 3.95. The van der Waals surface area contributed by atoms with E-state index in [1.807, 2.05) is 24.3 Å². The van der Waals surface area contributed by atoms with Crippen molar-refractivity contribution >= 4 is 5.97 Å². The Morgan fingerprint density at radius 3 is 2.61 bits per heavy atom. The Morgan fingerprint density at radius 2 is 2.00 bits per heavy atom. The van der Waals surface area contributed by atoms with Gasteiger partial charge in [0.25, 0.3) is 0 Å². The molecular formula is C14H21NO3. The molecule has 0 atom stereocenters. The molecule has 1 rings (SSSR count). The van der Waals surface area contributed by atoms with Crippen LogP contribution in [-0.2, 0) is 16.1 Å². The number of hydrogen-bond donors (Lipinski definition) is 1.